The average molecular weight is 410 g/mol. The summed E-state index contributed by atoms with van der Waals surface area (Å²) >= 11 is 0. The van der Waals surface area contributed by atoms with Crippen molar-refractivity contribution in [3.05, 3.63) is 47.7 Å². The van der Waals surface area contributed by atoms with Gasteiger partial charge < -0.3 is 10.2 Å². The largest absolute Gasteiger partial charge is 0.330 e. The van der Waals surface area contributed by atoms with Crippen molar-refractivity contribution < 1.29 is 21.6 Å². The maximum atomic E-state index is 12.5. The van der Waals surface area contributed by atoms with Crippen LogP contribution in [0.15, 0.2) is 46.5 Å². The van der Waals surface area contributed by atoms with Crippen LogP contribution in [0.25, 0.3) is 0 Å². The molecule has 0 unspecified atom stereocenters. The van der Waals surface area contributed by atoms with E-state index >= 15 is 0 Å². The van der Waals surface area contributed by atoms with Crippen LogP contribution in [-0.4, -0.2) is 52.0 Å². The van der Waals surface area contributed by atoms with Crippen LogP contribution in [0, 0.1) is 6.92 Å². The molecule has 144 valence electrons. The second kappa shape index (κ2) is 6.82. The molecule has 0 bridgehead atoms. The number of hydrogen-bond donors (Lipinski definition) is 2. The van der Waals surface area contributed by atoms with E-state index in [1.54, 1.807) is 36.2 Å². The third-order valence-electron chi connectivity index (χ3n) is 3.87. The molecule has 9 nitrogen and oxygen atoms in total. The van der Waals surface area contributed by atoms with Gasteiger partial charge in [0, 0.05) is 18.4 Å². The minimum absolute atomic E-state index is 0.107. The number of hydrogen-bond acceptors (Lipinski definition) is 6. The molecular weight excluding hydrogens is 392 g/mol. The number of carbonyl (C=O) groups is 1. The van der Waals surface area contributed by atoms with Gasteiger partial charge in [-0.15, -0.1) is 4.40 Å². The molecule has 2 N–H and O–H groups in total. The molecular formula is C16H18N4O5S2. The summed E-state index contributed by atoms with van der Waals surface area (Å²) in [5.74, 6) is -0.198. The van der Waals surface area contributed by atoms with Crippen molar-refractivity contribution in [3.63, 3.8) is 0 Å². The molecule has 0 spiro atoms. The van der Waals surface area contributed by atoms with E-state index in [1.807, 2.05) is 0 Å². The van der Waals surface area contributed by atoms with Crippen LogP contribution in [-0.2, 0) is 24.8 Å². The SMILES string of the molecule is Cc1cc(NC(=O)C2=CN3CCS(=O)(=O)N=C3C=C2)ccc1NS(C)(=O)=O. The monoisotopic (exact) mass is 410 g/mol. The second-order valence-electron chi connectivity index (χ2n) is 6.20. The van der Waals surface area contributed by atoms with Gasteiger partial charge in [0.2, 0.25) is 10.0 Å². The van der Waals surface area contributed by atoms with Crippen molar-refractivity contribution in [2.75, 3.05) is 28.6 Å². The van der Waals surface area contributed by atoms with Crippen molar-refractivity contribution in [1.82, 2.24) is 4.90 Å². The zero-order valence-electron chi connectivity index (χ0n) is 14.6. The Morgan fingerprint density at radius 2 is 2.00 bits per heavy atom. The highest BCUT2D eigenvalue weighted by atomic mass is 32.2. The second-order valence-corrected chi connectivity index (χ2v) is 9.71. The molecule has 1 aromatic rings. The molecule has 1 amide bonds. The number of nitrogens with zero attached hydrogens (tertiary/aromatic N) is 2. The van der Waals surface area contributed by atoms with Crippen molar-refractivity contribution >= 4 is 43.2 Å². The standard InChI is InChI=1S/C16H18N4O5S2/c1-11-9-13(4-5-14(11)18-26(2,22)23)17-16(21)12-3-6-15-19-27(24,25)8-7-20(15)10-12/h3-6,9-10,18H,7-8H2,1-2H3,(H,17,21). The molecule has 0 radical (unpaired) electrons. The first kappa shape index (κ1) is 19.1. The molecule has 0 saturated heterocycles. The van der Waals surface area contributed by atoms with Crippen LogP contribution in [0.5, 0.6) is 0 Å². The molecule has 0 atom stereocenters. The lowest BCUT2D eigenvalue weighted by Crippen LogP contribution is -2.37. The number of benzene rings is 1. The van der Waals surface area contributed by atoms with Gasteiger partial charge in [0.05, 0.1) is 23.3 Å². The molecule has 2 aliphatic heterocycles. The maximum absolute atomic E-state index is 12.5. The summed E-state index contributed by atoms with van der Waals surface area (Å²) in [6.07, 6.45) is 5.59. The molecule has 0 fully saturated rings. The Balaban J connectivity index is 1.74. The molecule has 1 aromatic carbocycles. The Labute approximate surface area is 157 Å². The quantitative estimate of drug-likeness (QED) is 0.756. The van der Waals surface area contributed by atoms with E-state index in [2.05, 4.69) is 14.4 Å². The first-order valence-electron chi connectivity index (χ1n) is 7.91. The van der Waals surface area contributed by atoms with Crippen LogP contribution in [0.1, 0.15) is 5.56 Å². The lowest BCUT2D eigenvalue weighted by atomic mass is 10.1. The number of nitrogens with one attached hydrogen (secondary N) is 2. The zero-order chi connectivity index (χ0) is 19.8. The van der Waals surface area contributed by atoms with Gasteiger partial charge in [-0.25, -0.2) is 16.8 Å². The lowest BCUT2D eigenvalue weighted by molar-refractivity contribution is -0.112. The number of aryl methyl sites for hydroxylation is 1. The van der Waals surface area contributed by atoms with E-state index in [4.69, 9.17) is 0 Å². The fourth-order valence-corrected chi connectivity index (χ4v) is 4.19. The minimum Gasteiger partial charge on any atom is -0.330 e. The van der Waals surface area contributed by atoms with Crippen LogP contribution in [0.4, 0.5) is 11.4 Å². The highest BCUT2D eigenvalue weighted by Crippen LogP contribution is 2.22. The summed E-state index contributed by atoms with van der Waals surface area (Å²) in [5, 5.41) is 2.73. The van der Waals surface area contributed by atoms with Gasteiger partial charge in [0.15, 0.2) is 0 Å². The van der Waals surface area contributed by atoms with Crippen LogP contribution >= 0.6 is 0 Å². The molecule has 0 saturated carbocycles. The normalized spacial score (nSPS) is 18.2. The first-order valence-corrected chi connectivity index (χ1v) is 11.4. The topological polar surface area (TPSA) is 125 Å². The van der Waals surface area contributed by atoms with Crippen LogP contribution in [0.2, 0.25) is 0 Å². The Kier molecular flexibility index (Phi) is 4.82. The van der Waals surface area contributed by atoms with Crippen LogP contribution < -0.4 is 10.0 Å². The Bertz CT molecular complexity index is 1100. The minimum atomic E-state index is -3.44. The number of carbonyl (C=O) groups excluding carboxylic acids is 1. The number of amidine groups is 1. The fraction of sp³-hybridized carbons (Fsp3) is 0.250. The third-order valence-corrected chi connectivity index (χ3v) is 5.62. The van der Waals surface area contributed by atoms with E-state index in [-0.39, 0.29) is 24.0 Å². The first-order chi connectivity index (χ1) is 12.5. The van der Waals surface area contributed by atoms with Gasteiger partial charge in [-0.2, -0.15) is 0 Å². The average Bonchev–Trinajstić information content (AvgIpc) is 2.55. The molecule has 11 heteroatoms. The van der Waals surface area contributed by atoms with Gasteiger partial charge in [-0.05, 0) is 42.8 Å². The predicted molar refractivity (Wildman–Crippen MR) is 103 cm³/mol. The van der Waals surface area contributed by atoms with E-state index in [0.29, 0.717) is 22.5 Å². The third kappa shape index (κ3) is 4.74. The number of fused-ring (bicyclic) bond motifs is 1. The number of amides is 1. The summed E-state index contributed by atoms with van der Waals surface area (Å²) < 4.78 is 51.8. The Morgan fingerprint density at radius 1 is 1.26 bits per heavy atom. The van der Waals surface area contributed by atoms with E-state index in [9.17, 15) is 21.6 Å². The van der Waals surface area contributed by atoms with Crippen molar-refractivity contribution in [1.29, 1.82) is 0 Å². The van der Waals surface area contributed by atoms with E-state index in [0.717, 1.165) is 6.26 Å². The molecule has 3 rings (SSSR count). The van der Waals surface area contributed by atoms with Crippen molar-refractivity contribution in [2.24, 2.45) is 4.40 Å². The number of rotatable bonds is 4. The van der Waals surface area contributed by atoms with E-state index in [1.165, 1.54) is 12.2 Å². The van der Waals surface area contributed by atoms with Gasteiger partial charge in [-0.1, -0.05) is 0 Å². The van der Waals surface area contributed by atoms with Gasteiger partial charge >= 0.3 is 0 Å². The Morgan fingerprint density at radius 3 is 2.67 bits per heavy atom. The highest BCUT2D eigenvalue weighted by Gasteiger charge is 2.25. The molecule has 2 aliphatic rings. The Hall–Kier alpha value is -2.66. The molecule has 27 heavy (non-hydrogen) atoms. The van der Waals surface area contributed by atoms with Gasteiger partial charge in [-0.3, -0.25) is 9.52 Å². The summed E-state index contributed by atoms with van der Waals surface area (Å²) in [6, 6.07) is 4.81. The molecule has 2 heterocycles. The van der Waals surface area contributed by atoms with Crippen molar-refractivity contribution in [3.8, 4) is 0 Å². The smallest absolute Gasteiger partial charge is 0.257 e. The predicted octanol–water partition coefficient (Wildman–Crippen LogP) is 0.803. The number of anilines is 2. The summed E-state index contributed by atoms with van der Waals surface area (Å²) in [7, 11) is -6.83. The summed E-state index contributed by atoms with van der Waals surface area (Å²) in [5.41, 5.74) is 1.94. The van der Waals surface area contributed by atoms with Gasteiger partial charge in [0.1, 0.15) is 5.84 Å². The lowest BCUT2D eigenvalue weighted by Gasteiger charge is -2.27. The molecule has 0 aromatic heterocycles. The summed E-state index contributed by atoms with van der Waals surface area (Å²) in [4.78, 5) is 14.1. The summed E-state index contributed by atoms with van der Waals surface area (Å²) in [6.45, 7) is 1.95. The van der Waals surface area contributed by atoms with E-state index < -0.39 is 20.0 Å². The van der Waals surface area contributed by atoms with Crippen molar-refractivity contribution in [2.45, 2.75) is 6.92 Å². The molecule has 0 aliphatic carbocycles. The van der Waals surface area contributed by atoms with Crippen LogP contribution in [0.3, 0.4) is 0 Å². The zero-order valence-corrected chi connectivity index (χ0v) is 16.3. The number of sulfonamides is 2. The fourth-order valence-electron chi connectivity index (χ4n) is 2.59. The van der Waals surface area contributed by atoms with Gasteiger partial charge in [0.25, 0.3) is 15.9 Å². The highest BCUT2D eigenvalue weighted by molar-refractivity contribution is 7.92. The maximum Gasteiger partial charge on any atom is 0.257 e.